The molecule has 3 rings (SSSR count). The van der Waals surface area contributed by atoms with Crippen molar-refractivity contribution in [3.05, 3.63) is 42.0 Å². The fourth-order valence-electron chi connectivity index (χ4n) is 3.09. The van der Waals surface area contributed by atoms with Crippen molar-refractivity contribution in [1.29, 1.82) is 0 Å². The van der Waals surface area contributed by atoms with E-state index >= 15 is 0 Å². The summed E-state index contributed by atoms with van der Waals surface area (Å²) in [5.41, 5.74) is 1.61. The van der Waals surface area contributed by atoms with Crippen molar-refractivity contribution in [2.45, 2.75) is 39.3 Å². The Labute approximate surface area is 148 Å². The summed E-state index contributed by atoms with van der Waals surface area (Å²) < 4.78 is 1.85. The standard InChI is InChI=1S/C18H26N6O/c1-14(2)9-20-18(25)17-13-24(22-21-17)16-6-4-8-23(12-16)11-15-5-3-7-19-10-15/h3,5,7,10,13-14,16H,4,6,8-9,11-12H2,1-2H3,(H,20,25)/t16-/m1/s1. The fourth-order valence-corrected chi connectivity index (χ4v) is 3.09. The lowest BCUT2D eigenvalue weighted by atomic mass is 10.1. The van der Waals surface area contributed by atoms with Crippen molar-refractivity contribution >= 4 is 5.91 Å². The molecule has 0 aromatic carbocycles. The number of hydrogen-bond acceptors (Lipinski definition) is 5. The first-order valence-electron chi connectivity index (χ1n) is 8.93. The van der Waals surface area contributed by atoms with Gasteiger partial charge in [0.05, 0.1) is 12.2 Å². The molecule has 2 aromatic heterocycles. The quantitative estimate of drug-likeness (QED) is 0.868. The molecule has 134 valence electrons. The summed E-state index contributed by atoms with van der Waals surface area (Å²) in [7, 11) is 0. The summed E-state index contributed by atoms with van der Waals surface area (Å²) in [4.78, 5) is 18.7. The summed E-state index contributed by atoms with van der Waals surface area (Å²) in [6, 6.07) is 4.32. The molecule has 0 radical (unpaired) electrons. The minimum absolute atomic E-state index is 0.150. The zero-order valence-electron chi connectivity index (χ0n) is 14.9. The van der Waals surface area contributed by atoms with E-state index in [2.05, 4.69) is 45.4 Å². The van der Waals surface area contributed by atoms with E-state index in [0.29, 0.717) is 18.2 Å². The maximum Gasteiger partial charge on any atom is 0.273 e. The number of carbonyl (C=O) groups is 1. The predicted octanol–water partition coefficient (Wildman–Crippen LogP) is 1.90. The van der Waals surface area contributed by atoms with Crippen LogP contribution >= 0.6 is 0 Å². The topological polar surface area (TPSA) is 75.9 Å². The van der Waals surface area contributed by atoms with E-state index in [1.54, 1.807) is 12.4 Å². The second-order valence-electron chi connectivity index (χ2n) is 7.08. The molecule has 0 saturated carbocycles. The molecule has 3 heterocycles. The van der Waals surface area contributed by atoms with E-state index in [1.807, 2.05) is 16.9 Å². The molecule has 25 heavy (non-hydrogen) atoms. The van der Waals surface area contributed by atoms with Gasteiger partial charge in [0.2, 0.25) is 0 Å². The molecule has 1 atom stereocenters. The summed E-state index contributed by atoms with van der Waals surface area (Å²) in [6.45, 7) is 7.65. The second kappa shape index (κ2) is 8.20. The van der Waals surface area contributed by atoms with Gasteiger partial charge in [-0.05, 0) is 36.9 Å². The lowest BCUT2D eigenvalue weighted by molar-refractivity contribution is 0.0944. The molecule has 0 aliphatic carbocycles. The van der Waals surface area contributed by atoms with Gasteiger partial charge in [-0.25, -0.2) is 4.68 Å². The molecular formula is C18H26N6O. The summed E-state index contributed by atoms with van der Waals surface area (Å²) >= 11 is 0. The summed E-state index contributed by atoms with van der Waals surface area (Å²) in [6.07, 6.45) is 7.65. The van der Waals surface area contributed by atoms with Crippen LogP contribution in [0.15, 0.2) is 30.7 Å². The molecule has 2 aromatic rings. The zero-order valence-corrected chi connectivity index (χ0v) is 14.9. The van der Waals surface area contributed by atoms with Gasteiger partial charge in [-0.3, -0.25) is 14.7 Å². The van der Waals surface area contributed by atoms with Crippen LogP contribution in [-0.2, 0) is 6.54 Å². The van der Waals surface area contributed by atoms with Crippen molar-refractivity contribution in [3.8, 4) is 0 Å². The molecule has 1 fully saturated rings. The first-order valence-corrected chi connectivity index (χ1v) is 8.93. The third kappa shape index (κ3) is 4.85. The van der Waals surface area contributed by atoms with Crippen molar-refractivity contribution in [2.24, 2.45) is 5.92 Å². The SMILES string of the molecule is CC(C)CNC(=O)c1cn([C@@H]2CCCN(Cc3cccnc3)C2)nn1. The molecule has 1 saturated heterocycles. The Morgan fingerprint density at radius 2 is 2.32 bits per heavy atom. The molecule has 1 N–H and O–H groups in total. The molecule has 1 aliphatic rings. The van der Waals surface area contributed by atoms with Gasteiger partial charge < -0.3 is 5.32 Å². The van der Waals surface area contributed by atoms with Crippen molar-refractivity contribution in [1.82, 2.24) is 30.2 Å². The molecule has 0 bridgehead atoms. The highest BCUT2D eigenvalue weighted by Crippen LogP contribution is 2.22. The average molecular weight is 342 g/mol. The lowest BCUT2D eigenvalue weighted by Crippen LogP contribution is -2.36. The molecule has 1 aliphatic heterocycles. The highest BCUT2D eigenvalue weighted by molar-refractivity contribution is 5.91. The van der Waals surface area contributed by atoms with E-state index in [9.17, 15) is 4.79 Å². The lowest BCUT2D eigenvalue weighted by Gasteiger charge is -2.32. The molecule has 1 amide bonds. The molecular weight excluding hydrogens is 316 g/mol. The largest absolute Gasteiger partial charge is 0.350 e. The number of amides is 1. The number of nitrogens with zero attached hydrogens (tertiary/aromatic N) is 5. The van der Waals surface area contributed by atoms with Gasteiger partial charge in [-0.15, -0.1) is 5.10 Å². The number of likely N-dealkylation sites (tertiary alicyclic amines) is 1. The average Bonchev–Trinajstić information content (AvgIpc) is 3.11. The highest BCUT2D eigenvalue weighted by atomic mass is 16.2. The Hall–Kier alpha value is -2.28. The van der Waals surface area contributed by atoms with Gasteiger partial charge in [0.1, 0.15) is 0 Å². The smallest absolute Gasteiger partial charge is 0.273 e. The van der Waals surface area contributed by atoms with E-state index in [4.69, 9.17) is 0 Å². The number of rotatable bonds is 6. The normalized spacial score (nSPS) is 18.4. The van der Waals surface area contributed by atoms with Gasteiger partial charge in [0, 0.05) is 32.0 Å². The van der Waals surface area contributed by atoms with Crippen LogP contribution in [0.1, 0.15) is 48.8 Å². The number of piperidine rings is 1. The first kappa shape index (κ1) is 17.5. The van der Waals surface area contributed by atoms with Crippen molar-refractivity contribution in [2.75, 3.05) is 19.6 Å². The Morgan fingerprint density at radius 3 is 3.08 bits per heavy atom. The van der Waals surface area contributed by atoms with Crippen LogP contribution in [0, 0.1) is 5.92 Å². The molecule has 0 spiro atoms. The van der Waals surface area contributed by atoms with Crippen LogP contribution in [0.4, 0.5) is 0 Å². The minimum atomic E-state index is -0.150. The Bertz CT molecular complexity index is 684. The van der Waals surface area contributed by atoms with E-state index in [0.717, 1.165) is 32.5 Å². The van der Waals surface area contributed by atoms with Gasteiger partial charge >= 0.3 is 0 Å². The van der Waals surface area contributed by atoms with Crippen LogP contribution in [0.3, 0.4) is 0 Å². The maximum absolute atomic E-state index is 12.1. The zero-order chi connectivity index (χ0) is 17.6. The fraction of sp³-hybridized carbons (Fsp3) is 0.556. The number of carbonyl (C=O) groups excluding carboxylic acids is 1. The third-order valence-electron chi connectivity index (χ3n) is 4.40. The highest BCUT2D eigenvalue weighted by Gasteiger charge is 2.23. The number of aromatic nitrogens is 4. The number of pyridine rings is 1. The van der Waals surface area contributed by atoms with Crippen molar-refractivity contribution < 1.29 is 4.79 Å². The van der Waals surface area contributed by atoms with Gasteiger partial charge in [0.25, 0.3) is 5.91 Å². The second-order valence-corrected chi connectivity index (χ2v) is 7.08. The summed E-state index contributed by atoms with van der Waals surface area (Å²) in [5.74, 6) is 0.265. The number of hydrogen-bond donors (Lipinski definition) is 1. The van der Waals surface area contributed by atoms with Crippen molar-refractivity contribution in [3.63, 3.8) is 0 Å². The van der Waals surface area contributed by atoms with E-state index < -0.39 is 0 Å². The van der Waals surface area contributed by atoms with E-state index in [-0.39, 0.29) is 11.9 Å². The third-order valence-corrected chi connectivity index (χ3v) is 4.40. The van der Waals surface area contributed by atoms with Gasteiger partial charge in [0.15, 0.2) is 5.69 Å². The number of nitrogens with one attached hydrogen (secondary N) is 1. The predicted molar refractivity (Wildman–Crippen MR) is 95.0 cm³/mol. The van der Waals surface area contributed by atoms with Crippen LogP contribution in [0.5, 0.6) is 0 Å². The molecule has 0 unspecified atom stereocenters. The van der Waals surface area contributed by atoms with Crippen LogP contribution < -0.4 is 5.32 Å². The minimum Gasteiger partial charge on any atom is -0.350 e. The Morgan fingerprint density at radius 1 is 1.44 bits per heavy atom. The monoisotopic (exact) mass is 342 g/mol. The Kier molecular flexibility index (Phi) is 5.75. The molecule has 7 nitrogen and oxygen atoms in total. The Balaban J connectivity index is 1.59. The van der Waals surface area contributed by atoms with Crippen LogP contribution in [0.2, 0.25) is 0 Å². The van der Waals surface area contributed by atoms with Crippen LogP contribution in [-0.4, -0.2) is 50.4 Å². The van der Waals surface area contributed by atoms with Gasteiger partial charge in [-0.2, -0.15) is 0 Å². The van der Waals surface area contributed by atoms with Crippen LogP contribution in [0.25, 0.3) is 0 Å². The molecule has 7 heteroatoms. The summed E-state index contributed by atoms with van der Waals surface area (Å²) in [5, 5.41) is 11.1. The van der Waals surface area contributed by atoms with Gasteiger partial charge in [-0.1, -0.05) is 25.1 Å². The first-order chi connectivity index (χ1) is 12.1. The maximum atomic E-state index is 12.1. The van der Waals surface area contributed by atoms with E-state index in [1.165, 1.54) is 5.56 Å².